The predicted molar refractivity (Wildman–Crippen MR) is 91.4 cm³/mol. The van der Waals surface area contributed by atoms with Crippen molar-refractivity contribution < 1.29 is 9.32 Å². The van der Waals surface area contributed by atoms with Gasteiger partial charge in [-0.25, -0.2) is 0 Å². The van der Waals surface area contributed by atoms with Gasteiger partial charge in [-0.1, -0.05) is 38.3 Å². The van der Waals surface area contributed by atoms with Gasteiger partial charge in [0.2, 0.25) is 11.8 Å². The molecule has 2 aliphatic rings. The van der Waals surface area contributed by atoms with Crippen LogP contribution in [-0.2, 0) is 11.3 Å². The number of nitrogens with zero attached hydrogens (tertiary/aromatic N) is 4. The first-order valence-corrected chi connectivity index (χ1v) is 9.44. The van der Waals surface area contributed by atoms with Crippen LogP contribution in [0, 0.1) is 5.92 Å². The minimum Gasteiger partial charge on any atom is -0.340 e. The molecule has 1 aromatic rings. The fourth-order valence-corrected chi connectivity index (χ4v) is 3.69. The van der Waals surface area contributed by atoms with Crippen molar-refractivity contribution in [3.63, 3.8) is 0 Å². The number of piperazine rings is 1. The van der Waals surface area contributed by atoms with Crippen LogP contribution < -0.4 is 0 Å². The van der Waals surface area contributed by atoms with E-state index in [9.17, 15) is 4.79 Å². The number of rotatable bonds is 5. The molecule has 0 aromatic carbocycles. The van der Waals surface area contributed by atoms with E-state index in [2.05, 4.69) is 15.0 Å². The Balaban J connectivity index is 1.42. The lowest BCUT2D eigenvalue weighted by Crippen LogP contribution is -2.48. The number of hydrogen-bond donors (Lipinski definition) is 0. The van der Waals surface area contributed by atoms with Crippen molar-refractivity contribution in [2.45, 2.75) is 64.8 Å². The maximum absolute atomic E-state index is 12.5. The molecule has 0 radical (unpaired) electrons. The van der Waals surface area contributed by atoms with Crippen molar-refractivity contribution in [2.24, 2.45) is 5.92 Å². The molecule has 0 atom stereocenters. The summed E-state index contributed by atoms with van der Waals surface area (Å²) in [5.74, 6) is 2.69. The zero-order valence-electron chi connectivity index (χ0n) is 15.0. The molecule has 1 amide bonds. The number of hydrogen-bond acceptors (Lipinski definition) is 5. The molecule has 2 fully saturated rings. The fraction of sp³-hybridized carbons (Fsp3) is 0.833. The highest BCUT2D eigenvalue weighted by molar-refractivity contribution is 5.76. The Kier molecular flexibility index (Phi) is 5.87. The van der Waals surface area contributed by atoms with E-state index >= 15 is 0 Å². The molecule has 1 saturated heterocycles. The maximum Gasteiger partial charge on any atom is 0.229 e. The monoisotopic (exact) mass is 334 g/mol. The predicted octanol–water partition coefficient (Wildman–Crippen LogP) is 2.81. The molecule has 1 aromatic heterocycles. The third-order valence-corrected chi connectivity index (χ3v) is 5.26. The van der Waals surface area contributed by atoms with Crippen LogP contribution in [0.25, 0.3) is 0 Å². The molecule has 1 aliphatic heterocycles. The summed E-state index contributed by atoms with van der Waals surface area (Å²) in [5.41, 5.74) is 0. The van der Waals surface area contributed by atoms with E-state index in [1.165, 1.54) is 32.1 Å². The van der Waals surface area contributed by atoms with Gasteiger partial charge in [0.05, 0.1) is 6.54 Å². The summed E-state index contributed by atoms with van der Waals surface area (Å²) in [5, 5.41) is 4.05. The quantitative estimate of drug-likeness (QED) is 0.828. The van der Waals surface area contributed by atoms with Crippen LogP contribution in [0.15, 0.2) is 4.52 Å². The lowest BCUT2D eigenvalue weighted by molar-refractivity contribution is -0.134. The molecule has 6 heteroatoms. The van der Waals surface area contributed by atoms with Gasteiger partial charge in [-0.15, -0.1) is 0 Å². The molecule has 0 spiro atoms. The number of amides is 1. The van der Waals surface area contributed by atoms with Crippen molar-refractivity contribution >= 4 is 5.91 Å². The maximum atomic E-state index is 12.5. The smallest absolute Gasteiger partial charge is 0.229 e. The van der Waals surface area contributed by atoms with Crippen molar-refractivity contribution in [1.82, 2.24) is 19.9 Å². The van der Waals surface area contributed by atoms with Gasteiger partial charge in [0.25, 0.3) is 0 Å². The highest BCUT2D eigenvalue weighted by Crippen LogP contribution is 2.27. The summed E-state index contributed by atoms with van der Waals surface area (Å²) >= 11 is 0. The Labute approximate surface area is 144 Å². The minimum absolute atomic E-state index is 0.264. The molecule has 0 N–H and O–H groups in total. The fourth-order valence-electron chi connectivity index (χ4n) is 3.69. The summed E-state index contributed by atoms with van der Waals surface area (Å²) in [4.78, 5) is 21.3. The van der Waals surface area contributed by atoms with Gasteiger partial charge in [-0.05, 0) is 18.8 Å². The Hall–Kier alpha value is -1.43. The van der Waals surface area contributed by atoms with Gasteiger partial charge in [-0.2, -0.15) is 4.98 Å². The molecule has 0 bridgehead atoms. The van der Waals surface area contributed by atoms with Gasteiger partial charge >= 0.3 is 0 Å². The lowest BCUT2D eigenvalue weighted by Gasteiger charge is -2.35. The first-order valence-electron chi connectivity index (χ1n) is 9.44. The van der Waals surface area contributed by atoms with Gasteiger partial charge in [-0.3, -0.25) is 9.69 Å². The van der Waals surface area contributed by atoms with Crippen LogP contribution in [0.2, 0.25) is 0 Å². The first-order chi connectivity index (χ1) is 11.6. The second kappa shape index (κ2) is 8.10. The molecule has 134 valence electrons. The van der Waals surface area contributed by atoms with E-state index in [4.69, 9.17) is 4.52 Å². The summed E-state index contributed by atoms with van der Waals surface area (Å²) < 4.78 is 5.26. The second-order valence-corrected chi connectivity index (χ2v) is 7.57. The zero-order valence-corrected chi connectivity index (χ0v) is 15.0. The molecule has 1 aliphatic carbocycles. The summed E-state index contributed by atoms with van der Waals surface area (Å²) in [6.45, 7) is 8.23. The SMILES string of the molecule is CC(C)c1nc(CN2CCN(C(=O)CC3CCCCC3)CC2)no1. The number of carbonyl (C=O) groups is 1. The third-order valence-electron chi connectivity index (χ3n) is 5.26. The highest BCUT2D eigenvalue weighted by Gasteiger charge is 2.25. The van der Waals surface area contributed by atoms with Crippen LogP contribution in [0.1, 0.15) is 70.0 Å². The van der Waals surface area contributed by atoms with Crippen LogP contribution in [0.5, 0.6) is 0 Å². The normalized spacial score (nSPS) is 20.7. The van der Waals surface area contributed by atoms with Crippen LogP contribution in [0.4, 0.5) is 0 Å². The molecule has 24 heavy (non-hydrogen) atoms. The van der Waals surface area contributed by atoms with Gasteiger partial charge in [0, 0.05) is 38.5 Å². The van der Waals surface area contributed by atoms with Crippen LogP contribution in [-0.4, -0.2) is 52.0 Å². The van der Waals surface area contributed by atoms with Crippen LogP contribution in [0.3, 0.4) is 0 Å². The van der Waals surface area contributed by atoms with E-state index in [-0.39, 0.29) is 5.92 Å². The topological polar surface area (TPSA) is 62.5 Å². The van der Waals surface area contributed by atoms with Crippen molar-refractivity contribution in [3.8, 4) is 0 Å². The van der Waals surface area contributed by atoms with E-state index in [0.717, 1.165) is 38.4 Å². The van der Waals surface area contributed by atoms with Crippen LogP contribution >= 0.6 is 0 Å². The van der Waals surface area contributed by atoms with Gasteiger partial charge in [0.15, 0.2) is 5.82 Å². The Morgan fingerprint density at radius 1 is 1.17 bits per heavy atom. The molecular weight excluding hydrogens is 304 g/mol. The summed E-state index contributed by atoms with van der Waals surface area (Å²) in [7, 11) is 0. The molecule has 1 saturated carbocycles. The number of carbonyl (C=O) groups excluding carboxylic acids is 1. The number of aromatic nitrogens is 2. The average Bonchev–Trinajstić information content (AvgIpc) is 3.05. The summed E-state index contributed by atoms with van der Waals surface area (Å²) in [6, 6.07) is 0. The van der Waals surface area contributed by atoms with Crippen molar-refractivity contribution in [2.75, 3.05) is 26.2 Å². The zero-order chi connectivity index (χ0) is 16.9. The molecule has 0 unspecified atom stereocenters. The van der Waals surface area contributed by atoms with Crippen molar-refractivity contribution in [3.05, 3.63) is 11.7 Å². The standard InChI is InChI=1S/C18H30N4O2/c1-14(2)18-19-16(20-24-18)13-21-8-10-22(11-9-21)17(23)12-15-6-4-3-5-7-15/h14-15H,3-13H2,1-2H3. The molecule has 6 nitrogen and oxygen atoms in total. The van der Waals surface area contributed by atoms with E-state index < -0.39 is 0 Å². The largest absolute Gasteiger partial charge is 0.340 e. The van der Waals surface area contributed by atoms with Gasteiger partial charge < -0.3 is 9.42 Å². The average molecular weight is 334 g/mol. The molecule has 3 rings (SSSR count). The third kappa shape index (κ3) is 4.56. The molecule has 2 heterocycles. The highest BCUT2D eigenvalue weighted by atomic mass is 16.5. The Morgan fingerprint density at radius 3 is 2.50 bits per heavy atom. The van der Waals surface area contributed by atoms with E-state index in [1.807, 2.05) is 18.7 Å². The minimum atomic E-state index is 0.264. The summed E-state index contributed by atoms with van der Waals surface area (Å²) in [6.07, 6.45) is 7.17. The van der Waals surface area contributed by atoms with Gasteiger partial charge in [0.1, 0.15) is 0 Å². The van der Waals surface area contributed by atoms with Crippen molar-refractivity contribution in [1.29, 1.82) is 0 Å². The van der Waals surface area contributed by atoms with E-state index in [1.54, 1.807) is 0 Å². The Bertz CT molecular complexity index is 529. The first kappa shape index (κ1) is 17.4. The second-order valence-electron chi connectivity index (χ2n) is 7.57. The molecular formula is C18H30N4O2. The van der Waals surface area contributed by atoms with E-state index in [0.29, 0.717) is 24.3 Å². The Morgan fingerprint density at radius 2 is 1.88 bits per heavy atom. The lowest BCUT2D eigenvalue weighted by atomic mass is 9.86.